The van der Waals surface area contributed by atoms with Crippen molar-refractivity contribution in [2.45, 2.75) is 6.54 Å². The highest BCUT2D eigenvalue weighted by Gasteiger charge is 2.18. The van der Waals surface area contributed by atoms with Crippen molar-refractivity contribution >= 4 is 17.3 Å². The first kappa shape index (κ1) is 13.5. The van der Waals surface area contributed by atoms with E-state index in [9.17, 15) is 4.39 Å². The van der Waals surface area contributed by atoms with Gasteiger partial charge >= 0.3 is 0 Å². The molecule has 4 nitrogen and oxygen atoms in total. The average molecular weight is 305 g/mol. The number of rotatable bonds is 3. The molecule has 0 unspecified atom stereocenters. The third-order valence-electron chi connectivity index (χ3n) is 3.07. The second kappa shape index (κ2) is 5.51. The summed E-state index contributed by atoms with van der Waals surface area (Å²) in [5.41, 5.74) is 1.44. The van der Waals surface area contributed by atoms with Gasteiger partial charge in [-0.3, -0.25) is 0 Å². The molecule has 2 aromatic carbocycles. The molecule has 1 aliphatic heterocycles. The molecular weight excluding hydrogens is 295 g/mol. The van der Waals surface area contributed by atoms with Crippen LogP contribution in [0.2, 0.25) is 5.02 Å². The van der Waals surface area contributed by atoms with E-state index >= 15 is 0 Å². The summed E-state index contributed by atoms with van der Waals surface area (Å²) in [7, 11) is 0. The van der Waals surface area contributed by atoms with E-state index in [1.807, 2.05) is 6.07 Å². The predicted octanol–water partition coefficient (Wildman–Crippen LogP) is 3.69. The molecule has 3 rings (SSSR count). The van der Waals surface area contributed by atoms with Crippen LogP contribution >= 0.6 is 11.6 Å². The maximum atomic E-state index is 13.8. The van der Waals surface area contributed by atoms with Crippen LogP contribution in [0, 0.1) is 17.1 Å². The van der Waals surface area contributed by atoms with Crippen LogP contribution in [0.5, 0.6) is 11.5 Å². The van der Waals surface area contributed by atoms with Crippen molar-refractivity contribution in [2.75, 3.05) is 12.1 Å². The Hall–Kier alpha value is -2.45. The highest BCUT2D eigenvalue weighted by atomic mass is 35.5. The van der Waals surface area contributed by atoms with E-state index < -0.39 is 5.82 Å². The number of hydrogen-bond acceptors (Lipinski definition) is 4. The van der Waals surface area contributed by atoms with E-state index in [-0.39, 0.29) is 12.4 Å². The number of nitrogens with zero attached hydrogens (tertiary/aromatic N) is 1. The number of halogens is 2. The zero-order chi connectivity index (χ0) is 14.8. The Bertz CT molecular complexity index is 743. The molecule has 1 heterocycles. The van der Waals surface area contributed by atoms with Gasteiger partial charge in [-0.25, -0.2) is 4.39 Å². The van der Waals surface area contributed by atoms with E-state index in [1.54, 1.807) is 18.2 Å². The smallest absolute Gasteiger partial charge is 0.231 e. The number of benzene rings is 2. The zero-order valence-corrected chi connectivity index (χ0v) is 11.6. The fraction of sp³-hybridized carbons (Fsp3) is 0.133. The molecule has 0 amide bonds. The molecule has 106 valence electrons. The monoisotopic (exact) mass is 304 g/mol. The molecule has 0 bridgehead atoms. The molecule has 21 heavy (non-hydrogen) atoms. The van der Waals surface area contributed by atoms with Crippen molar-refractivity contribution in [3.8, 4) is 17.6 Å². The first-order valence-electron chi connectivity index (χ1n) is 6.19. The Morgan fingerprint density at radius 1 is 1.29 bits per heavy atom. The lowest BCUT2D eigenvalue weighted by Gasteiger charge is -2.09. The molecule has 0 atom stereocenters. The van der Waals surface area contributed by atoms with Crippen LogP contribution in [-0.2, 0) is 6.54 Å². The molecule has 0 radical (unpaired) electrons. The lowest BCUT2D eigenvalue weighted by Crippen LogP contribution is -2.02. The molecule has 0 aliphatic carbocycles. The van der Waals surface area contributed by atoms with Gasteiger partial charge in [-0.1, -0.05) is 11.6 Å². The van der Waals surface area contributed by atoms with Gasteiger partial charge in [-0.05, 0) is 35.9 Å². The van der Waals surface area contributed by atoms with Gasteiger partial charge in [0.1, 0.15) is 5.82 Å². The number of fused-ring (bicyclic) bond motifs is 1. The fourth-order valence-electron chi connectivity index (χ4n) is 2.05. The Kier molecular flexibility index (Phi) is 3.55. The fourth-order valence-corrected chi connectivity index (χ4v) is 2.34. The standard InChI is InChI=1S/C15H10ClFN2O2/c16-11-3-10(5-14-15(11)21-8-20-14)7-19-13-2-1-9(6-18)4-12(13)17/h1-5,19H,7-8H2. The minimum Gasteiger partial charge on any atom is -0.454 e. The summed E-state index contributed by atoms with van der Waals surface area (Å²) in [6.07, 6.45) is 0. The number of nitrogens with one attached hydrogen (secondary N) is 1. The molecule has 0 fully saturated rings. The van der Waals surface area contributed by atoms with E-state index in [2.05, 4.69) is 5.32 Å². The van der Waals surface area contributed by atoms with Crippen molar-refractivity contribution in [3.05, 3.63) is 52.3 Å². The van der Waals surface area contributed by atoms with Gasteiger partial charge in [0, 0.05) is 6.54 Å². The van der Waals surface area contributed by atoms with Gasteiger partial charge in [-0.2, -0.15) is 5.26 Å². The van der Waals surface area contributed by atoms with Gasteiger partial charge < -0.3 is 14.8 Å². The number of nitriles is 1. The molecule has 6 heteroatoms. The predicted molar refractivity (Wildman–Crippen MR) is 76.0 cm³/mol. The molecule has 0 spiro atoms. The first-order chi connectivity index (χ1) is 10.2. The minimum atomic E-state index is -0.471. The number of hydrogen-bond donors (Lipinski definition) is 1. The SMILES string of the molecule is N#Cc1ccc(NCc2cc(Cl)c3c(c2)OCO3)c(F)c1. The third-order valence-corrected chi connectivity index (χ3v) is 3.35. The maximum absolute atomic E-state index is 13.8. The van der Waals surface area contributed by atoms with Gasteiger partial charge in [0.25, 0.3) is 0 Å². The summed E-state index contributed by atoms with van der Waals surface area (Å²) in [5, 5.41) is 12.1. The van der Waals surface area contributed by atoms with Crippen LogP contribution < -0.4 is 14.8 Å². The van der Waals surface area contributed by atoms with Gasteiger partial charge in [0.15, 0.2) is 11.5 Å². The van der Waals surface area contributed by atoms with Crippen molar-refractivity contribution in [2.24, 2.45) is 0 Å². The topological polar surface area (TPSA) is 54.3 Å². The Labute approximate surface area is 125 Å². The van der Waals surface area contributed by atoms with Crippen LogP contribution in [0.1, 0.15) is 11.1 Å². The molecular formula is C15H10ClFN2O2. The van der Waals surface area contributed by atoms with E-state index in [0.717, 1.165) is 5.56 Å². The van der Waals surface area contributed by atoms with E-state index in [4.69, 9.17) is 26.3 Å². The van der Waals surface area contributed by atoms with Gasteiger partial charge in [0.2, 0.25) is 6.79 Å². The molecule has 2 aromatic rings. The highest BCUT2D eigenvalue weighted by Crippen LogP contribution is 2.39. The normalized spacial score (nSPS) is 12.0. The summed E-state index contributed by atoms with van der Waals surface area (Å²) in [6, 6.07) is 9.70. The quantitative estimate of drug-likeness (QED) is 0.939. The average Bonchev–Trinajstić information content (AvgIpc) is 2.95. The van der Waals surface area contributed by atoms with Crippen molar-refractivity contribution in [1.82, 2.24) is 0 Å². The summed E-state index contributed by atoms with van der Waals surface area (Å²) < 4.78 is 24.3. The second-order valence-corrected chi connectivity index (χ2v) is 4.88. The van der Waals surface area contributed by atoms with Crippen molar-refractivity contribution in [1.29, 1.82) is 5.26 Å². The number of anilines is 1. The summed E-state index contributed by atoms with van der Waals surface area (Å²) >= 11 is 6.08. The van der Waals surface area contributed by atoms with Gasteiger partial charge in [0.05, 0.1) is 22.3 Å². The lowest BCUT2D eigenvalue weighted by molar-refractivity contribution is 0.174. The Morgan fingerprint density at radius 2 is 2.14 bits per heavy atom. The van der Waals surface area contributed by atoms with Crippen LogP contribution in [0.3, 0.4) is 0 Å². The molecule has 0 saturated heterocycles. The summed E-state index contributed by atoms with van der Waals surface area (Å²) in [4.78, 5) is 0. The van der Waals surface area contributed by atoms with Gasteiger partial charge in [-0.15, -0.1) is 0 Å². The lowest BCUT2D eigenvalue weighted by atomic mass is 10.1. The van der Waals surface area contributed by atoms with Crippen molar-refractivity contribution in [3.63, 3.8) is 0 Å². The van der Waals surface area contributed by atoms with E-state index in [0.29, 0.717) is 28.8 Å². The highest BCUT2D eigenvalue weighted by molar-refractivity contribution is 6.32. The van der Waals surface area contributed by atoms with E-state index in [1.165, 1.54) is 12.1 Å². The van der Waals surface area contributed by atoms with Crippen molar-refractivity contribution < 1.29 is 13.9 Å². The zero-order valence-electron chi connectivity index (χ0n) is 10.8. The molecule has 1 N–H and O–H groups in total. The van der Waals surface area contributed by atoms with Crippen LogP contribution in [0.25, 0.3) is 0 Å². The van der Waals surface area contributed by atoms with Crippen LogP contribution in [0.15, 0.2) is 30.3 Å². The third kappa shape index (κ3) is 2.71. The Morgan fingerprint density at radius 3 is 2.90 bits per heavy atom. The number of ether oxygens (including phenoxy) is 2. The molecule has 1 aliphatic rings. The van der Waals surface area contributed by atoms with Crippen LogP contribution in [-0.4, -0.2) is 6.79 Å². The molecule has 0 saturated carbocycles. The first-order valence-corrected chi connectivity index (χ1v) is 6.56. The summed E-state index contributed by atoms with van der Waals surface area (Å²) in [6.45, 7) is 0.523. The van der Waals surface area contributed by atoms with Crippen LogP contribution in [0.4, 0.5) is 10.1 Å². The Balaban J connectivity index is 1.77. The largest absolute Gasteiger partial charge is 0.454 e. The molecule has 0 aromatic heterocycles. The summed E-state index contributed by atoms with van der Waals surface area (Å²) in [5.74, 6) is 0.644. The minimum absolute atomic E-state index is 0.149. The maximum Gasteiger partial charge on any atom is 0.231 e. The second-order valence-electron chi connectivity index (χ2n) is 4.47.